The maximum absolute atomic E-state index is 11.4. The second-order valence-electron chi connectivity index (χ2n) is 3.74. The predicted octanol–water partition coefficient (Wildman–Crippen LogP) is 1.36. The minimum absolute atomic E-state index is 0.183. The van der Waals surface area contributed by atoms with E-state index in [1.54, 1.807) is 20.3 Å². The number of nitrogens with zero attached hydrogens (tertiary/aromatic N) is 3. The van der Waals surface area contributed by atoms with Crippen molar-refractivity contribution in [3.8, 4) is 0 Å². The molecular weight excluding hydrogens is 206 g/mol. The number of carbonyl (C=O) groups excluding carboxylic acids is 1. The predicted molar refractivity (Wildman–Crippen MR) is 61.3 cm³/mol. The topological polar surface area (TPSA) is 73.9 Å². The number of amides is 2. The maximum Gasteiger partial charge on any atom is 0.321 e. The molecule has 0 saturated carbocycles. The Morgan fingerprint density at radius 2 is 2.25 bits per heavy atom. The van der Waals surface area contributed by atoms with Gasteiger partial charge in [0.05, 0.1) is 17.4 Å². The van der Waals surface area contributed by atoms with Crippen molar-refractivity contribution in [2.75, 3.05) is 19.4 Å². The zero-order valence-corrected chi connectivity index (χ0v) is 9.40. The highest BCUT2D eigenvalue weighted by Crippen LogP contribution is 2.14. The Morgan fingerprint density at radius 1 is 1.50 bits per heavy atom. The fourth-order valence-electron chi connectivity index (χ4n) is 1.32. The first-order chi connectivity index (χ1) is 7.56. The molecule has 84 valence electrons. The molecule has 0 radical (unpaired) electrons. The zero-order chi connectivity index (χ0) is 11.7. The highest BCUT2D eigenvalue weighted by atomic mass is 16.2. The van der Waals surface area contributed by atoms with E-state index >= 15 is 0 Å². The molecule has 0 unspecified atom stereocenters. The molecule has 2 rings (SSSR count). The molecule has 0 saturated heterocycles. The summed E-state index contributed by atoms with van der Waals surface area (Å²) in [6.07, 6.45) is 1.59. The van der Waals surface area contributed by atoms with Gasteiger partial charge in [0, 0.05) is 14.1 Å². The molecule has 16 heavy (non-hydrogen) atoms. The Kier molecular flexibility index (Phi) is 2.47. The molecule has 0 spiro atoms. The minimum atomic E-state index is -0.183. The molecule has 2 aromatic heterocycles. The van der Waals surface area contributed by atoms with Gasteiger partial charge in [-0.2, -0.15) is 0 Å². The van der Waals surface area contributed by atoms with E-state index in [0.717, 1.165) is 11.3 Å². The lowest BCUT2D eigenvalue weighted by atomic mass is 10.4. The van der Waals surface area contributed by atoms with Crippen molar-refractivity contribution in [2.45, 2.75) is 6.92 Å². The van der Waals surface area contributed by atoms with Crippen molar-refractivity contribution in [1.29, 1.82) is 0 Å². The molecule has 0 atom stereocenters. The summed E-state index contributed by atoms with van der Waals surface area (Å²) in [6.45, 7) is 1.86. The van der Waals surface area contributed by atoms with Crippen LogP contribution in [-0.4, -0.2) is 40.0 Å². The van der Waals surface area contributed by atoms with Crippen molar-refractivity contribution >= 4 is 22.9 Å². The number of imidazole rings is 1. The summed E-state index contributed by atoms with van der Waals surface area (Å²) >= 11 is 0. The third kappa shape index (κ3) is 1.95. The van der Waals surface area contributed by atoms with Gasteiger partial charge in [-0.3, -0.25) is 0 Å². The van der Waals surface area contributed by atoms with Gasteiger partial charge in [-0.25, -0.2) is 14.8 Å². The van der Waals surface area contributed by atoms with Crippen LogP contribution in [0.4, 0.5) is 10.5 Å². The number of aryl methyl sites for hydroxylation is 1. The molecular formula is C10H13N5O. The first-order valence-corrected chi connectivity index (χ1v) is 4.87. The molecule has 0 aromatic carbocycles. The van der Waals surface area contributed by atoms with Crippen molar-refractivity contribution in [3.05, 3.63) is 18.1 Å². The first kappa shape index (κ1) is 10.4. The van der Waals surface area contributed by atoms with Gasteiger partial charge in [0.25, 0.3) is 0 Å². The number of anilines is 1. The number of hydrogen-bond acceptors (Lipinski definition) is 3. The smallest absolute Gasteiger partial charge is 0.321 e. The number of pyridine rings is 1. The number of nitrogens with one attached hydrogen (secondary N) is 2. The normalized spacial score (nSPS) is 10.4. The fraction of sp³-hybridized carbons (Fsp3) is 0.300. The van der Waals surface area contributed by atoms with Crippen LogP contribution in [0.2, 0.25) is 0 Å². The van der Waals surface area contributed by atoms with Gasteiger partial charge in [-0.15, -0.1) is 0 Å². The summed E-state index contributed by atoms with van der Waals surface area (Å²) in [6, 6.07) is 1.63. The van der Waals surface area contributed by atoms with Gasteiger partial charge in [-0.05, 0) is 13.0 Å². The van der Waals surface area contributed by atoms with Gasteiger partial charge in [0.1, 0.15) is 5.82 Å². The van der Waals surface area contributed by atoms with Crippen LogP contribution in [0.1, 0.15) is 5.82 Å². The van der Waals surface area contributed by atoms with Crippen molar-refractivity contribution in [3.63, 3.8) is 0 Å². The molecule has 6 nitrogen and oxygen atoms in total. The van der Waals surface area contributed by atoms with Crippen LogP contribution in [-0.2, 0) is 0 Å². The Morgan fingerprint density at radius 3 is 2.94 bits per heavy atom. The lowest BCUT2D eigenvalue weighted by Gasteiger charge is -2.11. The molecule has 2 heterocycles. The third-order valence-electron chi connectivity index (χ3n) is 2.11. The number of urea groups is 1. The minimum Gasteiger partial charge on any atom is -0.341 e. The van der Waals surface area contributed by atoms with Crippen molar-refractivity contribution < 1.29 is 4.79 Å². The van der Waals surface area contributed by atoms with Crippen LogP contribution < -0.4 is 5.32 Å². The van der Waals surface area contributed by atoms with E-state index in [9.17, 15) is 4.79 Å². The van der Waals surface area contributed by atoms with Crippen LogP contribution in [0.15, 0.2) is 12.3 Å². The summed E-state index contributed by atoms with van der Waals surface area (Å²) in [5.41, 5.74) is 2.12. The molecule has 2 aromatic rings. The monoisotopic (exact) mass is 219 g/mol. The van der Waals surface area contributed by atoms with E-state index < -0.39 is 0 Å². The summed E-state index contributed by atoms with van der Waals surface area (Å²) in [4.78, 5) is 24.3. The van der Waals surface area contributed by atoms with E-state index in [4.69, 9.17) is 0 Å². The highest BCUT2D eigenvalue weighted by molar-refractivity contribution is 5.90. The second-order valence-corrected chi connectivity index (χ2v) is 3.74. The molecule has 2 amide bonds. The number of aromatic nitrogens is 3. The van der Waals surface area contributed by atoms with Gasteiger partial charge < -0.3 is 15.2 Å². The maximum atomic E-state index is 11.4. The van der Waals surface area contributed by atoms with E-state index in [2.05, 4.69) is 20.3 Å². The van der Waals surface area contributed by atoms with Crippen LogP contribution in [0.25, 0.3) is 11.2 Å². The summed E-state index contributed by atoms with van der Waals surface area (Å²) < 4.78 is 0. The molecule has 2 N–H and O–H groups in total. The van der Waals surface area contributed by atoms with Gasteiger partial charge >= 0.3 is 6.03 Å². The van der Waals surface area contributed by atoms with Gasteiger partial charge in [-0.1, -0.05) is 0 Å². The largest absolute Gasteiger partial charge is 0.341 e. The third-order valence-corrected chi connectivity index (χ3v) is 2.11. The molecule has 0 aliphatic rings. The Labute approximate surface area is 92.7 Å². The summed E-state index contributed by atoms with van der Waals surface area (Å²) in [5, 5.41) is 2.72. The standard InChI is InChI=1S/C10H13N5O/c1-6-12-8-4-7(5-11-9(8)13-6)14-10(16)15(2)3/h4-5H,1-3H3,(H,14,16)(H,11,12,13). The molecule has 6 heteroatoms. The number of H-pyrrole nitrogens is 1. The zero-order valence-electron chi connectivity index (χ0n) is 9.40. The van der Waals surface area contributed by atoms with Crippen LogP contribution in [0.5, 0.6) is 0 Å². The Balaban J connectivity index is 2.29. The fourth-order valence-corrected chi connectivity index (χ4v) is 1.32. The van der Waals surface area contributed by atoms with E-state index in [0.29, 0.717) is 11.3 Å². The highest BCUT2D eigenvalue weighted by Gasteiger charge is 2.06. The van der Waals surface area contributed by atoms with Crippen molar-refractivity contribution in [1.82, 2.24) is 19.9 Å². The van der Waals surface area contributed by atoms with Crippen LogP contribution in [0, 0.1) is 6.92 Å². The Bertz CT molecular complexity index is 531. The summed E-state index contributed by atoms with van der Waals surface area (Å²) in [5.74, 6) is 0.804. The number of rotatable bonds is 1. The number of hydrogen-bond donors (Lipinski definition) is 2. The molecule has 0 fully saturated rings. The van der Waals surface area contributed by atoms with E-state index in [-0.39, 0.29) is 6.03 Å². The Hall–Kier alpha value is -2.11. The van der Waals surface area contributed by atoms with Crippen molar-refractivity contribution in [2.24, 2.45) is 0 Å². The van der Waals surface area contributed by atoms with Crippen LogP contribution >= 0.6 is 0 Å². The molecule has 0 bridgehead atoms. The van der Waals surface area contributed by atoms with E-state index in [1.165, 1.54) is 4.90 Å². The van der Waals surface area contributed by atoms with E-state index in [1.807, 2.05) is 13.0 Å². The van der Waals surface area contributed by atoms with Gasteiger partial charge in [0.2, 0.25) is 0 Å². The second kappa shape index (κ2) is 3.80. The lowest BCUT2D eigenvalue weighted by molar-refractivity contribution is 0.230. The SMILES string of the molecule is Cc1nc2ncc(NC(=O)N(C)C)cc2[nH]1. The number of carbonyl (C=O) groups is 1. The quantitative estimate of drug-likeness (QED) is 0.760. The molecule has 0 aliphatic carbocycles. The molecule has 0 aliphatic heterocycles. The number of aromatic amines is 1. The average molecular weight is 219 g/mol. The first-order valence-electron chi connectivity index (χ1n) is 4.87. The lowest BCUT2D eigenvalue weighted by Crippen LogP contribution is -2.27. The van der Waals surface area contributed by atoms with Crippen LogP contribution in [0.3, 0.4) is 0 Å². The average Bonchev–Trinajstić information content (AvgIpc) is 2.57. The number of fused-ring (bicyclic) bond motifs is 1. The van der Waals surface area contributed by atoms with Gasteiger partial charge in [0.15, 0.2) is 5.65 Å². The summed E-state index contributed by atoms with van der Waals surface area (Å²) in [7, 11) is 3.36.